The fourth-order valence-electron chi connectivity index (χ4n) is 3.14. The van der Waals surface area contributed by atoms with Crippen molar-refractivity contribution in [3.05, 3.63) is 0 Å². The van der Waals surface area contributed by atoms with Crippen LogP contribution in [0.1, 0.15) is 66.2 Å². The van der Waals surface area contributed by atoms with E-state index in [1.807, 2.05) is 0 Å². The van der Waals surface area contributed by atoms with Crippen molar-refractivity contribution < 1.29 is 4.79 Å². The molecule has 0 spiro atoms. The van der Waals surface area contributed by atoms with E-state index in [9.17, 15) is 4.79 Å². The standard InChI is InChI=1S/C17H35N3O/c1-13(2)7-10-20(11-8-14(3)4)15-6-5-9-17(19,12-15)16(18)21/h13-15H,5-12,19H2,1-4H3,(H2,18,21). The van der Waals surface area contributed by atoms with E-state index < -0.39 is 5.54 Å². The molecule has 2 unspecified atom stereocenters. The summed E-state index contributed by atoms with van der Waals surface area (Å²) in [7, 11) is 0. The highest BCUT2D eigenvalue weighted by Crippen LogP contribution is 2.30. The molecule has 4 N–H and O–H groups in total. The Kier molecular flexibility index (Phi) is 7.14. The summed E-state index contributed by atoms with van der Waals surface area (Å²) in [5.41, 5.74) is 11.0. The molecule has 1 amide bonds. The highest BCUT2D eigenvalue weighted by molar-refractivity contribution is 5.84. The summed E-state index contributed by atoms with van der Waals surface area (Å²) in [5.74, 6) is 1.07. The summed E-state index contributed by atoms with van der Waals surface area (Å²) in [4.78, 5) is 14.2. The number of hydrogen-bond acceptors (Lipinski definition) is 3. The molecule has 2 atom stereocenters. The predicted octanol–water partition coefficient (Wildman–Crippen LogP) is 2.51. The monoisotopic (exact) mass is 297 g/mol. The molecule has 0 aliphatic heterocycles. The van der Waals surface area contributed by atoms with E-state index in [-0.39, 0.29) is 5.91 Å². The first-order valence-electron chi connectivity index (χ1n) is 8.57. The second kappa shape index (κ2) is 8.14. The highest BCUT2D eigenvalue weighted by atomic mass is 16.1. The molecule has 0 saturated heterocycles. The Balaban J connectivity index is 2.68. The number of primary amides is 1. The van der Waals surface area contributed by atoms with Crippen molar-refractivity contribution in [3.63, 3.8) is 0 Å². The third-order valence-electron chi connectivity index (χ3n) is 4.75. The van der Waals surface area contributed by atoms with Crippen LogP contribution in [0.4, 0.5) is 0 Å². The average Bonchev–Trinajstić information content (AvgIpc) is 2.38. The van der Waals surface area contributed by atoms with Gasteiger partial charge in [0.25, 0.3) is 0 Å². The van der Waals surface area contributed by atoms with Crippen LogP contribution >= 0.6 is 0 Å². The van der Waals surface area contributed by atoms with Crippen LogP contribution < -0.4 is 11.5 Å². The third kappa shape index (κ3) is 5.95. The van der Waals surface area contributed by atoms with Crippen LogP contribution in [0.3, 0.4) is 0 Å². The van der Waals surface area contributed by atoms with Gasteiger partial charge in [-0.1, -0.05) is 27.7 Å². The van der Waals surface area contributed by atoms with Gasteiger partial charge in [-0.2, -0.15) is 0 Å². The van der Waals surface area contributed by atoms with Crippen LogP contribution in [-0.2, 0) is 4.79 Å². The van der Waals surface area contributed by atoms with Gasteiger partial charge in [0.05, 0.1) is 5.54 Å². The summed E-state index contributed by atoms with van der Waals surface area (Å²) in [6.45, 7) is 11.3. The maximum Gasteiger partial charge on any atom is 0.237 e. The molecule has 0 aromatic carbocycles. The Bertz CT molecular complexity index is 318. The fourth-order valence-corrected chi connectivity index (χ4v) is 3.14. The molecule has 124 valence electrons. The summed E-state index contributed by atoms with van der Waals surface area (Å²) in [5, 5.41) is 0. The zero-order valence-corrected chi connectivity index (χ0v) is 14.4. The van der Waals surface area contributed by atoms with Crippen molar-refractivity contribution in [2.24, 2.45) is 23.3 Å². The number of nitrogens with zero attached hydrogens (tertiary/aromatic N) is 1. The van der Waals surface area contributed by atoms with Crippen molar-refractivity contribution in [2.75, 3.05) is 13.1 Å². The molecule has 0 aromatic heterocycles. The first-order valence-corrected chi connectivity index (χ1v) is 8.57. The molecule has 0 bridgehead atoms. The number of amides is 1. The van der Waals surface area contributed by atoms with Crippen LogP contribution in [0.15, 0.2) is 0 Å². The van der Waals surface area contributed by atoms with E-state index in [1.54, 1.807) is 0 Å². The van der Waals surface area contributed by atoms with E-state index in [0.717, 1.165) is 38.8 Å². The lowest BCUT2D eigenvalue weighted by atomic mass is 9.78. The van der Waals surface area contributed by atoms with Crippen molar-refractivity contribution in [3.8, 4) is 0 Å². The first-order chi connectivity index (χ1) is 9.74. The molecule has 1 fully saturated rings. The lowest BCUT2D eigenvalue weighted by Gasteiger charge is -2.41. The molecule has 1 saturated carbocycles. The minimum absolute atomic E-state index is 0.333. The largest absolute Gasteiger partial charge is 0.368 e. The second-order valence-corrected chi connectivity index (χ2v) is 7.67. The van der Waals surface area contributed by atoms with Gasteiger partial charge in [0.15, 0.2) is 0 Å². The zero-order valence-electron chi connectivity index (χ0n) is 14.4. The highest BCUT2D eigenvalue weighted by Gasteiger charge is 2.39. The molecule has 1 aliphatic rings. The van der Waals surface area contributed by atoms with Crippen LogP contribution in [-0.4, -0.2) is 35.5 Å². The van der Waals surface area contributed by atoms with Crippen molar-refractivity contribution in [1.82, 2.24) is 4.90 Å². The molecule has 1 aliphatic carbocycles. The Morgan fingerprint density at radius 2 is 1.71 bits per heavy atom. The number of carbonyl (C=O) groups is 1. The van der Waals surface area contributed by atoms with Crippen LogP contribution in [0, 0.1) is 11.8 Å². The third-order valence-corrected chi connectivity index (χ3v) is 4.75. The minimum atomic E-state index is -0.795. The van der Waals surface area contributed by atoms with E-state index in [2.05, 4.69) is 32.6 Å². The number of carbonyl (C=O) groups excluding carboxylic acids is 1. The van der Waals surface area contributed by atoms with E-state index in [0.29, 0.717) is 17.9 Å². The second-order valence-electron chi connectivity index (χ2n) is 7.67. The Morgan fingerprint density at radius 3 is 2.14 bits per heavy atom. The smallest absolute Gasteiger partial charge is 0.237 e. The summed E-state index contributed by atoms with van der Waals surface area (Å²) >= 11 is 0. The molecule has 0 radical (unpaired) electrons. The van der Waals surface area contributed by atoms with Gasteiger partial charge < -0.3 is 16.4 Å². The normalized spacial score (nSPS) is 26.8. The molecular formula is C17H35N3O. The maximum atomic E-state index is 11.7. The van der Waals surface area contributed by atoms with Crippen molar-refractivity contribution >= 4 is 5.91 Å². The fraction of sp³-hybridized carbons (Fsp3) is 0.941. The Hall–Kier alpha value is -0.610. The minimum Gasteiger partial charge on any atom is -0.368 e. The van der Waals surface area contributed by atoms with Gasteiger partial charge in [-0.25, -0.2) is 0 Å². The molecule has 4 heteroatoms. The molecule has 0 aromatic rings. The van der Waals surface area contributed by atoms with E-state index in [4.69, 9.17) is 11.5 Å². The van der Waals surface area contributed by atoms with Crippen LogP contribution in [0.25, 0.3) is 0 Å². The number of hydrogen-bond donors (Lipinski definition) is 2. The quantitative estimate of drug-likeness (QED) is 0.723. The molecule has 4 nitrogen and oxygen atoms in total. The topological polar surface area (TPSA) is 72.3 Å². The average molecular weight is 297 g/mol. The van der Waals surface area contributed by atoms with Crippen molar-refractivity contribution in [1.29, 1.82) is 0 Å². The summed E-state index contributed by atoms with van der Waals surface area (Å²) < 4.78 is 0. The first kappa shape index (κ1) is 18.4. The van der Waals surface area contributed by atoms with E-state index in [1.165, 1.54) is 12.8 Å². The van der Waals surface area contributed by atoms with Crippen molar-refractivity contribution in [2.45, 2.75) is 77.8 Å². The summed E-state index contributed by atoms with van der Waals surface area (Å²) in [6.07, 6.45) is 6.00. The Morgan fingerprint density at radius 1 is 1.19 bits per heavy atom. The van der Waals surface area contributed by atoms with Gasteiger partial charge in [-0.3, -0.25) is 4.79 Å². The number of nitrogens with two attached hydrogens (primary N) is 2. The van der Waals surface area contributed by atoms with Gasteiger partial charge >= 0.3 is 0 Å². The molecular weight excluding hydrogens is 262 g/mol. The maximum absolute atomic E-state index is 11.7. The lowest BCUT2D eigenvalue weighted by Crippen LogP contribution is -2.58. The zero-order chi connectivity index (χ0) is 16.0. The van der Waals surface area contributed by atoms with Crippen LogP contribution in [0.5, 0.6) is 0 Å². The van der Waals surface area contributed by atoms with E-state index >= 15 is 0 Å². The molecule has 21 heavy (non-hydrogen) atoms. The molecule has 1 rings (SSSR count). The summed E-state index contributed by atoms with van der Waals surface area (Å²) in [6, 6.07) is 0.411. The van der Waals surface area contributed by atoms with Gasteiger partial charge in [-0.05, 0) is 63.5 Å². The number of rotatable bonds is 8. The molecule has 0 heterocycles. The van der Waals surface area contributed by atoms with Crippen LogP contribution in [0.2, 0.25) is 0 Å². The SMILES string of the molecule is CC(C)CCN(CCC(C)C)C1CCCC(N)(C(N)=O)C1. The Labute approximate surface area is 130 Å². The van der Waals surface area contributed by atoms with Gasteiger partial charge in [0.1, 0.15) is 0 Å². The van der Waals surface area contributed by atoms with Gasteiger partial charge in [0.2, 0.25) is 5.91 Å². The van der Waals surface area contributed by atoms with Gasteiger partial charge in [0, 0.05) is 6.04 Å². The predicted molar refractivity (Wildman–Crippen MR) is 88.9 cm³/mol. The van der Waals surface area contributed by atoms with Gasteiger partial charge in [-0.15, -0.1) is 0 Å². The lowest BCUT2D eigenvalue weighted by molar-refractivity contribution is -0.125.